The summed E-state index contributed by atoms with van der Waals surface area (Å²) in [5, 5.41) is 3.07. The van der Waals surface area contributed by atoms with E-state index < -0.39 is 0 Å². The van der Waals surface area contributed by atoms with E-state index in [0.29, 0.717) is 28.9 Å². The minimum atomic E-state index is 0.0387. The highest BCUT2D eigenvalue weighted by atomic mass is 16.5. The summed E-state index contributed by atoms with van der Waals surface area (Å²) in [6.45, 7) is 2.31. The fourth-order valence-corrected chi connectivity index (χ4v) is 4.44. The molecule has 198 valence electrons. The number of amides is 1. The van der Waals surface area contributed by atoms with Gasteiger partial charge in [0.2, 0.25) is 5.91 Å². The maximum Gasteiger partial charge on any atom is 0.224 e. The highest BCUT2D eigenvalue weighted by molar-refractivity contribution is 5.78. The molecule has 0 spiro atoms. The molecular weight excluding hydrogens is 468 g/mol. The average Bonchev–Trinajstić information content (AvgIpc) is 2.94. The molecule has 7 nitrogen and oxygen atoms in total. The normalized spacial score (nSPS) is 12.4. The number of rotatable bonds is 14. The first-order chi connectivity index (χ1) is 17.9. The van der Waals surface area contributed by atoms with Gasteiger partial charge in [0.25, 0.3) is 0 Å². The topological polar surface area (TPSA) is 66.0 Å². The molecule has 3 aromatic carbocycles. The molecule has 1 unspecified atom stereocenters. The van der Waals surface area contributed by atoms with Crippen molar-refractivity contribution in [1.82, 2.24) is 9.80 Å². The van der Waals surface area contributed by atoms with Gasteiger partial charge >= 0.3 is 0 Å². The van der Waals surface area contributed by atoms with E-state index in [0.717, 1.165) is 48.7 Å². The van der Waals surface area contributed by atoms with Gasteiger partial charge < -0.3 is 24.3 Å². The number of quaternary nitrogens is 1. The van der Waals surface area contributed by atoms with E-state index >= 15 is 0 Å². The average molecular weight is 508 g/mol. The first-order valence-corrected chi connectivity index (χ1v) is 12.5. The molecule has 0 heterocycles. The van der Waals surface area contributed by atoms with Gasteiger partial charge in [0.1, 0.15) is 5.69 Å². The number of nitrogens with one attached hydrogen (secondary N) is 1. The summed E-state index contributed by atoms with van der Waals surface area (Å²) in [5.74, 6) is 2.88. The summed E-state index contributed by atoms with van der Waals surface area (Å²) in [4.78, 5) is 12.4. The number of likely N-dealkylation sites (N-methyl/N-ethyl adjacent to an activating group) is 1. The van der Waals surface area contributed by atoms with Gasteiger partial charge in [0.15, 0.2) is 23.0 Å². The molecule has 7 heteroatoms. The fraction of sp³-hybridized carbons (Fsp3) is 0.367. The van der Waals surface area contributed by atoms with Gasteiger partial charge in [-0.25, -0.2) is 0 Å². The van der Waals surface area contributed by atoms with Gasteiger partial charge in [-0.2, -0.15) is 0 Å². The van der Waals surface area contributed by atoms with Crippen molar-refractivity contribution in [2.24, 2.45) is 0 Å². The maximum atomic E-state index is 12.4. The molecule has 0 saturated carbocycles. The van der Waals surface area contributed by atoms with Crippen molar-refractivity contribution in [3.8, 4) is 23.0 Å². The van der Waals surface area contributed by atoms with Crippen LogP contribution in [-0.4, -0.2) is 61.0 Å². The summed E-state index contributed by atoms with van der Waals surface area (Å²) >= 11 is 0. The first-order valence-electron chi connectivity index (χ1n) is 12.5. The van der Waals surface area contributed by atoms with Crippen LogP contribution in [0.25, 0.3) is 0 Å². The Morgan fingerprint density at radius 3 is 2.00 bits per heavy atom. The number of hydrogen-bond acceptors (Lipinski definition) is 5. The second kappa shape index (κ2) is 13.6. The Labute approximate surface area is 220 Å². The second-order valence-corrected chi connectivity index (χ2v) is 9.19. The van der Waals surface area contributed by atoms with Crippen molar-refractivity contribution >= 4 is 11.6 Å². The van der Waals surface area contributed by atoms with Crippen LogP contribution in [0.15, 0.2) is 66.7 Å². The maximum absolute atomic E-state index is 12.4. The number of methoxy groups -OCH3 is 4. The number of hydrogen-bond donors (Lipinski definition) is 1. The molecular formula is C30H39N2O5+. The van der Waals surface area contributed by atoms with Crippen LogP contribution >= 0.6 is 0 Å². The monoisotopic (exact) mass is 507 g/mol. The van der Waals surface area contributed by atoms with Crippen molar-refractivity contribution in [2.45, 2.75) is 19.3 Å². The Morgan fingerprint density at radius 1 is 0.730 bits per heavy atom. The van der Waals surface area contributed by atoms with Crippen molar-refractivity contribution in [3.63, 3.8) is 0 Å². The van der Waals surface area contributed by atoms with Crippen LogP contribution in [-0.2, 0) is 17.6 Å². The van der Waals surface area contributed by atoms with E-state index in [4.69, 9.17) is 18.9 Å². The fourth-order valence-electron chi connectivity index (χ4n) is 4.44. The van der Waals surface area contributed by atoms with Gasteiger partial charge in [-0.3, -0.25) is 9.28 Å². The largest absolute Gasteiger partial charge is 0.493 e. The molecule has 0 bridgehead atoms. The van der Waals surface area contributed by atoms with Crippen molar-refractivity contribution in [2.75, 3.05) is 55.1 Å². The molecule has 3 aromatic rings. The van der Waals surface area contributed by atoms with Crippen LogP contribution in [0.1, 0.15) is 17.5 Å². The highest BCUT2D eigenvalue weighted by Crippen LogP contribution is 2.34. The summed E-state index contributed by atoms with van der Waals surface area (Å²) in [7, 11) is 8.80. The summed E-state index contributed by atoms with van der Waals surface area (Å²) < 4.78 is 22.6. The van der Waals surface area contributed by atoms with Gasteiger partial charge in [-0.15, -0.1) is 0 Å². The Hall–Kier alpha value is -3.71. The van der Waals surface area contributed by atoms with Crippen molar-refractivity contribution < 1.29 is 23.7 Å². The highest BCUT2D eigenvalue weighted by Gasteiger charge is 2.26. The lowest BCUT2D eigenvalue weighted by atomic mass is 10.1. The Bertz CT molecular complexity index is 1150. The molecule has 1 atom stereocenters. The minimum absolute atomic E-state index is 0.0387. The molecule has 37 heavy (non-hydrogen) atoms. The van der Waals surface area contributed by atoms with E-state index in [9.17, 15) is 4.79 Å². The zero-order chi connectivity index (χ0) is 26.7. The van der Waals surface area contributed by atoms with Crippen molar-refractivity contribution in [3.05, 3.63) is 77.9 Å². The number of ether oxygens (including phenoxy) is 4. The second-order valence-electron chi connectivity index (χ2n) is 9.19. The molecule has 0 aromatic heterocycles. The third kappa shape index (κ3) is 7.64. The third-order valence-corrected chi connectivity index (χ3v) is 6.69. The lowest BCUT2D eigenvalue weighted by Crippen LogP contribution is -2.48. The molecule has 0 radical (unpaired) electrons. The van der Waals surface area contributed by atoms with E-state index in [2.05, 4.69) is 24.5 Å². The van der Waals surface area contributed by atoms with Crippen LogP contribution in [0.4, 0.5) is 5.69 Å². The van der Waals surface area contributed by atoms with Crippen LogP contribution in [0, 0.1) is 0 Å². The summed E-state index contributed by atoms with van der Waals surface area (Å²) in [5.41, 5.74) is 3.30. The van der Waals surface area contributed by atoms with Crippen LogP contribution in [0.5, 0.6) is 23.0 Å². The SMILES string of the molecule is COc1ccc(CC[N+](C)(CCCNC(=O)Cc2ccccc2)c2ccc(OC)c(OC)c2)cc1OC. The summed E-state index contributed by atoms with van der Waals surface area (Å²) in [6, 6.07) is 21.9. The quantitative estimate of drug-likeness (QED) is 0.254. The van der Waals surface area contributed by atoms with Crippen LogP contribution in [0.3, 0.4) is 0 Å². The molecule has 0 aliphatic carbocycles. The third-order valence-electron chi connectivity index (χ3n) is 6.69. The predicted octanol–water partition coefficient (Wildman–Crippen LogP) is 4.65. The number of nitrogens with zero attached hydrogens (tertiary/aromatic N) is 1. The molecule has 3 rings (SSSR count). The van der Waals surface area contributed by atoms with E-state index in [-0.39, 0.29) is 5.91 Å². The van der Waals surface area contributed by atoms with E-state index in [1.165, 1.54) is 5.56 Å². The smallest absolute Gasteiger partial charge is 0.224 e. The van der Waals surface area contributed by atoms with Gasteiger partial charge in [-0.05, 0) is 29.3 Å². The van der Waals surface area contributed by atoms with Crippen LogP contribution in [0.2, 0.25) is 0 Å². The zero-order valence-corrected chi connectivity index (χ0v) is 22.6. The van der Waals surface area contributed by atoms with Gasteiger partial charge in [0.05, 0.1) is 55.0 Å². The Kier molecular flexibility index (Phi) is 10.2. The van der Waals surface area contributed by atoms with Crippen molar-refractivity contribution in [1.29, 1.82) is 0 Å². The lowest BCUT2D eigenvalue weighted by molar-refractivity contribution is -0.120. The molecule has 0 fully saturated rings. The molecule has 0 saturated heterocycles. The molecule has 0 aliphatic rings. The molecule has 1 amide bonds. The number of carbonyl (C=O) groups is 1. The summed E-state index contributed by atoms with van der Waals surface area (Å²) in [6.07, 6.45) is 2.06. The van der Waals surface area contributed by atoms with E-state index in [1.807, 2.05) is 54.6 Å². The van der Waals surface area contributed by atoms with Gasteiger partial charge in [0, 0.05) is 31.5 Å². The Morgan fingerprint density at radius 2 is 1.35 bits per heavy atom. The first kappa shape index (κ1) is 27.9. The Balaban J connectivity index is 1.71. The number of benzene rings is 3. The number of carbonyl (C=O) groups excluding carboxylic acids is 1. The molecule has 0 aliphatic heterocycles. The van der Waals surface area contributed by atoms with E-state index in [1.54, 1.807) is 28.4 Å². The minimum Gasteiger partial charge on any atom is -0.493 e. The van der Waals surface area contributed by atoms with Crippen LogP contribution < -0.4 is 28.7 Å². The zero-order valence-electron chi connectivity index (χ0n) is 22.6. The predicted molar refractivity (Wildman–Crippen MR) is 148 cm³/mol. The standard InChI is InChI=1S/C30H38N2O5/c1-32(25-13-15-27(35-3)29(22-25)37-5,19-16-24-12-14-26(34-2)28(20-24)36-4)18-9-17-31-30(33)21-23-10-7-6-8-11-23/h6-8,10-15,20,22H,9,16-19,21H2,1-5H3/p+1. The van der Waals surface area contributed by atoms with Gasteiger partial charge in [-0.1, -0.05) is 36.4 Å². The lowest BCUT2D eigenvalue weighted by Gasteiger charge is -2.35. The molecule has 1 N–H and O–H groups in total.